The Balaban J connectivity index is 1.78. The van der Waals surface area contributed by atoms with Crippen LogP contribution in [-0.4, -0.2) is 24.0 Å². The molecule has 0 bridgehead atoms. The highest BCUT2D eigenvalue weighted by Gasteiger charge is 2.30. The van der Waals surface area contributed by atoms with Gasteiger partial charge in [0.25, 0.3) is 0 Å². The van der Waals surface area contributed by atoms with Gasteiger partial charge in [-0.1, -0.05) is 24.3 Å². The fourth-order valence-electron chi connectivity index (χ4n) is 3.15. The number of amidine groups is 1. The zero-order chi connectivity index (χ0) is 15.9. The van der Waals surface area contributed by atoms with Gasteiger partial charge in [-0.05, 0) is 53.3 Å². The van der Waals surface area contributed by atoms with E-state index in [9.17, 15) is 0 Å². The molecule has 0 saturated carbocycles. The van der Waals surface area contributed by atoms with E-state index in [4.69, 9.17) is 10.5 Å². The lowest BCUT2D eigenvalue weighted by Crippen LogP contribution is -2.37. The monoisotopic (exact) mass is 305 g/mol. The number of hydrogen-bond donors (Lipinski definition) is 2. The van der Waals surface area contributed by atoms with E-state index in [1.165, 1.54) is 16.5 Å². The molecule has 3 N–H and O–H groups in total. The van der Waals surface area contributed by atoms with Crippen molar-refractivity contribution < 1.29 is 4.74 Å². The molecule has 1 aliphatic rings. The Morgan fingerprint density at radius 1 is 1.13 bits per heavy atom. The second-order valence-electron chi connectivity index (χ2n) is 6.23. The van der Waals surface area contributed by atoms with Crippen LogP contribution >= 0.6 is 0 Å². The largest absolute Gasteiger partial charge is 0.386 e. The molecule has 1 unspecified atom stereocenters. The van der Waals surface area contributed by atoms with Crippen LogP contribution < -0.4 is 5.73 Å². The number of aromatic nitrogens is 1. The van der Waals surface area contributed by atoms with E-state index >= 15 is 0 Å². The van der Waals surface area contributed by atoms with E-state index in [2.05, 4.69) is 65.4 Å². The second kappa shape index (κ2) is 5.25. The van der Waals surface area contributed by atoms with Crippen LogP contribution in [-0.2, 0) is 10.3 Å². The molecule has 1 atom stereocenters. The lowest BCUT2D eigenvalue weighted by atomic mass is 9.90. The first kappa shape index (κ1) is 14.0. The number of aromatic amines is 1. The molecular weight excluding hydrogens is 286 g/mol. The Morgan fingerprint density at radius 3 is 2.87 bits per heavy atom. The molecule has 116 valence electrons. The number of rotatable bonds is 2. The zero-order valence-electron chi connectivity index (χ0n) is 13.0. The van der Waals surface area contributed by atoms with Crippen LogP contribution in [0.15, 0.2) is 59.7 Å². The van der Waals surface area contributed by atoms with Gasteiger partial charge in [0.05, 0.1) is 6.61 Å². The maximum Gasteiger partial charge on any atom is 0.121 e. The summed E-state index contributed by atoms with van der Waals surface area (Å²) >= 11 is 0. The molecule has 4 heteroatoms. The summed E-state index contributed by atoms with van der Waals surface area (Å²) in [5.74, 6) is 0.554. The molecule has 4 nitrogen and oxygen atoms in total. The average molecular weight is 305 g/mol. The number of ether oxygens (including phenoxy) is 1. The highest BCUT2D eigenvalue weighted by molar-refractivity contribution is 5.85. The molecule has 23 heavy (non-hydrogen) atoms. The van der Waals surface area contributed by atoms with Crippen molar-refractivity contribution in [2.24, 2.45) is 10.7 Å². The van der Waals surface area contributed by atoms with Crippen LogP contribution in [0.5, 0.6) is 0 Å². The Morgan fingerprint density at radius 2 is 2.00 bits per heavy atom. The van der Waals surface area contributed by atoms with Crippen LogP contribution in [0.3, 0.4) is 0 Å². The fraction of sp³-hybridized carbons (Fsp3) is 0.211. The van der Waals surface area contributed by atoms with Crippen LogP contribution in [0.2, 0.25) is 0 Å². The summed E-state index contributed by atoms with van der Waals surface area (Å²) in [6.45, 7) is 3.03. The third-order valence-electron chi connectivity index (χ3n) is 4.39. The average Bonchev–Trinajstić information content (AvgIpc) is 3.02. The van der Waals surface area contributed by atoms with Crippen LogP contribution in [0.1, 0.15) is 12.5 Å². The number of aliphatic imine (C=N–C) groups is 1. The summed E-state index contributed by atoms with van der Waals surface area (Å²) in [6, 6.07) is 17.0. The Bertz CT molecular complexity index is 896. The van der Waals surface area contributed by atoms with Crippen molar-refractivity contribution in [1.82, 2.24) is 4.98 Å². The van der Waals surface area contributed by atoms with E-state index in [1.807, 2.05) is 6.20 Å². The van der Waals surface area contributed by atoms with E-state index in [0.717, 1.165) is 11.1 Å². The molecule has 2 aromatic carbocycles. The summed E-state index contributed by atoms with van der Waals surface area (Å²) in [7, 11) is 0. The molecule has 0 spiro atoms. The van der Waals surface area contributed by atoms with Gasteiger partial charge in [-0.25, -0.2) is 0 Å². The van der Waals surface area contributed by atoms with E-state index in [1.54, 1.807) is 0 Å². The standard InChI is InChI=1S/C19H19N3O/c1-19(12-23-11-18(20)22-19)16-4-2-3-13(10-16)14-5-6-17-15(9-14)7-8-21-17/h2-10,21H,11-12H2,1H3,(H2,20,22). The quantitative estimate of drug-likeness (QED) is 0.762. The van der Waals surface area contributed by atoms with Crippen molar-refractivity contribution in [1.29, 1.82) is 0 Å². The maximum absolute atomic E-state index is 5.87. The summed E-state index contributed by atoms with van der Waals surface area (Å²) in [5.41, 5.74) is 10.1. The first-order chi connectivity index (χ1) is 11.1. The van der Waals surface area contributed by atoms with Gasteiger partial charge in [-0.15, -0.1) is 0 Å². The smallest absolute Gasteiger partial charge is 0.121 e. The van der Waals surface area contributed by atoms with E-state index in [-0.39, 0.29) is 0 Å². The van der Waals surface area contributed by atoms with Crippen molar-refractivity contribution >= 4 is 16.7 Å². The molecule has 4 rings (SSSR count). The summed E-state index contributed by atoms with van der Waals surface area (Å²) in [6.07, 6.45) is 1.96. The summed E-state index contributed by atoms with van der Waals surface area (Å²) in [5, 5.41) is 1.21. The normalized spacial score (nSPS) is 21.3. The van der Waals surface area contributed by atoms with Crippen LogP contribution in [0.4, 0.5) is 0 Å². The van der Waals surface area contributed by atoms with Gasteiger partial charge >= 0.3 is 0 Å². The van der Waals surface area contributed by atoms with Crippen molar-refractivity contribution in [3.05, 3.63) is 60.3 Å². The minimum Gasteiger partial charge on any atom is -0.386 e. The molecule has 0 aliphatic carbocycles. The van der Waals surface area contributed by atoms with Crippen LogP contribution in [0, 0.1) is 0 Å². The van der Waals surface area contributed by atoms with Crippen LogP contribution in [0.25, 0.3) is 22.0 Å². The predicted molar refractivity (Wildman–Crippen MR) is 93.5 cm³/mol. The van der Waals surface area contributed by atoms with E-state index in [0.29, 0.717) is 19.0 Å². The number of nitrogens with one attached hydrogen (secondary N) is 1. The number of nitrogens with two attached hydrogens (primary N) is 1. The van der Waals surface area contributed by atoms with Gasteiger partial charge in [-0.2, -0.15) is 0 Å². The third kappa shape index (κ3) is 2.51. The van der Waals surface area contributed by atoms with Crippen molar-refractivity contribution in [2.75, 3.05) is 13.2 Å². The molecule has 1 aromatic heterocycles. The minimum atomic E-state index is -0.420. The zero-order valence-corrected chi connectivity index (χ0v) is 13.0. The number of nitrogens with zero attached hydrogens (tertiary/aromatic N) is 1. The Hall–Kier alpha value is -2.59. The number of fused-ring (bicyclic) bond motifs is 1. The molecule has 0 fully saturated rings. The van der Waals surface area contributed by atoms with Gasteiger partial charge in [0.15, 0.2) is 0 Å². The summed E-state index contributed by atoms with van der Waals surface area (Å²) < 4.78 is 5.58. The SMILES string of the molecule is CC1(c2cccc(-c3ccc4[nH]ccc4c3)c2)COCC(N)=N1. The summed E-state index contributed by atoms with van der Waals surface area (Å²) in [4.78, 5) is 7.85. The van der Waals surface area contributed by atoms with Gasteiger partial charge in [0.1, 0.15) is 18.0 Å². The molecule has 0 radical (unpaired) electrons. The van der Waals surface area contributed by atoms with Gasteiger partial charge in [0.2, 0.25) is 0 Å². The topological polar surface area (TPSA) is 63.4 Å². The number of hydrogen-bond acceptors (Lipinski definition) is 3. The molecule has 0 saturated heterocycles. The van der Waals surface area contributed by atoms with Crippen molar-refractivity contribution in [2.45, 2.75) is 12.5 Å². The van der Waals surface area contributed by atoms with Gasteiger partial charge < -0.3 is 15.5 Å². The Labute approximate surface area is 135 Å². The minimum absolute atomic E-state index is 0.416. The lowest BCUT2D eigenvalue weighted by molar-refractivity contribution is 0.106. The first-order valence-corrected chi connectivity index (χ1v) is 7.74. The highest BCUT2D eigenvalue weighted by atomic mass is 16.5. The molecule has 3 aromatic rings. The predicted octanol–water partition coefficient (Wildman–Crippen LogP) is 3.44. The van der Waals surface area contributed by atoms with Crippen molar-refractivity contribution in [3.63, 3.8) is 0 Å². The second-order valence-corrected chi connectivity index (χ2v) is 6.23. The third-order valence-corrected chi connectivity index (χ3v) is 4.39. The van der Waals surface area contributed by atoms with Crippen molar-refractivity contribution in [3.8, 4) is 11.1 Å². The van der Waals surface area contributed by atoms with Gasteiger partial charge in [0, 0.05) is 11.7 Å². The number of H-pyrrole nitrogens is 1. The molecule has 0 amide bonds. The first-order valence-electron chi connectivity index (χ1n) is 7.74. The number of benzene rings is 2. The molecule has 2 heterocycles. The maximum atomic E-state index is 5.87. The van der Waals surface area contributed by atoms with Gasteiger partial charge in [-0.3, -0.25) is 4.99 Å². The Kier molecular flexibility index (Phi) is 3.20. The lowest BCUT2D eigenvalue weighted by Gasteiger charge is -2.30. The molecule has 1 aliphatic heterocycles. The fourth-order valence-corrected chi connectivity index (χ4v) is 3.15. The molecular formula is C19H19N3O. The van der Waals surface area contributed by atoms with E-state index < -0.39 is 5.54 Å². The highest BCUT2D eigenvalue weighted by Crippen LogP contribution is 2.32.